The van der Waals surface area contributed by atoms with E-state index in [2.05, 4.69) is 38.2 Å². The number of amidine groups is 1. The molecule has 0 bridgehead atoms. The molecule has 0 spiro atoms. The molecule has 4 rings (SSSR count). The maximum absolute atomic E-state index is 13.5. The average molecular weight is 435 g/mol. The lowest BCUT2D eigenvalue weighted by Gasteiger charge is -2.22. The molecule has 0 saturated heterocycles. The number of halogens is 2. The molecule has 0 aromatic heterocycles. The Morgan fingerprint density at radius 2 is 1.47 bits per heavy atom. The molecule has 0 saturated carbocycles. The quantitative estimate of drug-likeness (QED) is 0.498. The topological polar surface area (TPSA) is 33.6 Å². The van der Waals surface area contributed by atoms with Crippen molar-refractivity contribution in [2.75, 3.05) is 6.61 Å². The Hall–Kier alpha value is -3.21. The number of hydrogen-bond donors (Lipinski definition) is 1. The van der Waals surface area contributed by atoms with Gasteiger partial charge in [0.05, 0.1) is 18.2 Å². The Morgan fingerprint density at radius 1 is 0.875 bits per heavy atom. The monoisotopic (exact) mass is 434 g/mol. The Balaban J connectivity index is 1.78. The SMILES string of the molecule is CCOc1cc(C(C)(C)C)ccc1C1=N[C@@H](c2ccc(F)cc2)[C@@H](c2ccc(F)cc2)N1. The fraction of sp³-hybridized carbons (Fsp3) is 0.296. The summed E-state index contributed by atoms with van der Waals surface area (Å²) in [5.41, 5.74) is 3.82. The summed E-state index contributed by atoms with van der Waals surface area (Å²) in [5.74, 6) is 0.891. The molecule has 3 aromatic rings. The second kappa shape index (κ2) is 8.73. The van der Waals surface area contributed by atoms with Crippen LogP contribution in [0.25, 0.3) is 0 Å². The van der Waals surface area contributed by atoms with E-state index in [0.717, 1.165) is 22.4 Å². The molecule has 32 heavy (non-hydrogen) atoms. The van der Waals surface area contributed by atoms with Crippen LogP contribution in [-0.2, 0) is 5.41 Å². The second-order valence-electron chi connectivity index (χ2n) is 9.04. The number of benzene rings is 3. The van der Waals surface area contributed by atoms with Gasteiger partial charge < -0.3 is 10.1 Å². The highest BCUT2D eigenvalue weighted by Gasteiger charge is 2.33. The molecule has 0 amide bonds. The summed E-state index contributed by atoms with van der Waals surface area (Å²) in [4.78, 5) is 4.98. The first-order valence-corrected chi connectivity index (χ1v) is 10.9. The highest BCUT2D eigenvalue weighted by atomic mass is 19.1. The normalized spacial score (nSPS) is 18.2. The molecule has 1 aliphatic heterocycles. The third-order valence-electron chi connectivity index (χ3n) is 5.72. The van der Waals surface area contributed by atoms with E-state index >= 15 is 0 Å². The molecule has 0 aliphatic carbocycles. The molecule has 166 valence electrons. The zero-order valence-corrected chi connectivity index (χ0v) is 18.8. The van der Waals surface area contributed by atoms with Crippen molar-refractivity contribution in [3.63, 3.8) is 0 Å². The van der Waals surface area contributed by atoms with Crippen molar-refractivity contribution < 1.29 is 13.5 Å². The first kappa shape index (κ1) is 22.0. The van der Waals surface area contributed by atoms with Gasteiger partial charge in [-0.2, -0.15) is 0 Å². The minimum absolute atomic E-state index is 0.0113. The molecular formula is C27H28F2N2O. The standard InChI is InChI=1S/C27H28F2N2O/c1-5-32-23-16-19(27(2,3)4)10-15-22(23)26-30-24(17-6-11-20(28)12-7-17)25(31-26)18-8-13-21(29)14-9-18/h6-16,24-25H,5H2,1-4H3,(H,30,31)/t24-,25+. The minimum atomic E-state index is -0.293. The Labute approximate surface area is 188 Å². The van der Waals surface area contributed by atoms with Crippen LogP contribution in [0.3, 0.4) is 0 Å². The molecule has 1 heterocycles. The highest BCUT2D eigenvalue weighted by molar-refractivity contribution is 6.03. The van der Waals surface area contributed by atoms with E-state index in [9.17, 15) is 8.78 Å². The van der Waals surface area contributed by atoms with Gasteiger partial charge in [0.25, 0.3) is 0 Å². The summed E-state index contributed by atoms with van der Waals surface area (Å²) in [6.45, 7) is 8.99. The van der Waals surface area contributed by atoms with E-state index in [1.165, 1.54) is 29.8 Å². The van der Waals surface area contributed by atoms with Crippen LogP contribution in [0.1, 0.15) is 62.0 Å². The van der Waals surface area contributed by atoms with Gasteiger partial charge in [-0.05, 0) is 65.4 Å². The van der Waals surface area contributed by atoms with Gasteiger partial charge in [0.2, 0.25) is 0 Å². The van der Waals surface area contributed by atoms with Gasteiger partial charge in [-0.3, -0.25) is 4.99 Å². The average Bonchev–Trinajstić information content (AvgIpc) is 3.19. The van der Waals surface area contributed by atoms with Gasteiger partial charge in [-0.25, -0.2) is 8.78 Å². The summed E-state index contributed by atoms with van der Waals surface area (Å²) >= 11 is 0. The third-order valence-corrected chi connectivity index (χ3v) is 5.72. The third kappa shape index (κ3) is 4.52. The smallest absolute Gasteiger partial charge is 0.133 e. The van der Waals surface area contributed by atoms with Crippen LogP contribution in [0.4, 0.5) is 8.78 Å². The maximum Gasteiger partial charge on any atom is 0.133 e. The lowest BCUT2D eigenvalue weighted by atomic mass is 9.86. The van der Waals surface area contributed by atoms with Gasteiger partial charge in [0.15, 0.2) is 0 Å². The summed E-state index contributed by atoms with van der Waals surface area (Å²) in [6.07, 6.45) is 0. The summed E-state index contributed by atoms with van der Waals surface area (Å²) in [7, 11) is 0. The molecule has 0 unspecified atom stereocenters. The number of rotatable bonds is 5. The van der Waals surface area contributed by atoms with Gasteiger partial charge in [-0.15, -0.1) is 0 Å². The van der Waals surface area contributed by atoms with Gasteiger partial charge >= 0.3 is 0 Å². The number of aliphatic imine (C=N–C) groups is 1. The number of nitrogens with one attached hydrogen (secondary N) is 1. The van der Waals surface area contributed by atoms with Crippen molar-refractivity contribution in [3.05, 3.63) is 101 Å². The second-order valence-corrected chi connectivity index (χ2v) is 9.04. The lowest BCUT2D eigenvalue weighted by molar-refractivity contribution is 0.338. The van der Waals surface area contributed by atoms with Crippen LogP contribution in [0.5, 0.6) is 5.75 Å². The molecule has 5 heteroatoms. The number of nitrogens with zero attached hydrogens (tertiary/aromatic N) is 1. The van der Waals surface area contributed by atoms with E-state index in [1.807, 2.05) is 13.0 Å². The van der Waals surface area contributed by atoms with Crippen molar-refractivity contribution in [2.24, 2.45) is 4.99 Å². The van der Waals surface area contributed by atoms with Gasteiger partial charge in [0.1, 0.15) is 29.3 Å². The lowest BCUT2D eigenvalue weighted by Crippen LogP contribution is -2.26. The van der Waals surface area contributed by atoms with E-state index in [1.54, 1.807) is 24.3 Å². The molecule has 1 aliphatic rings. The van der Waals surface area contributed by atoms with Crippen LogP contribution < -0.4 is 10.1 Å². The molecule has 0 fully saturated rings. The van der Waals surface area contributed by atoms with Crippen LogP contribution in [0.2, 0.25) is 0 Å². The van der Waals surface area contributed by atoms with Gasteiger partial charge in [0, 0.05) is 0 Å². The summed E-state index contributed by atoms with van der Waals surface area (Å²) in [6, 6.07) is 18.5. The van der Waals surface area contributed by atoms with Crippen molar-refractivity contribution in [1.82, 2.24) is 5.32 Å². The fourth-order valence-electron chi connectivity index (χ4n) is 3.95. The predicted octanol–water partition coefficient (Wildman–Crippen LogP) is 6.49. The number of ether oxygens (including phenoxy) is 1. The van der Waals surface area contributed by atoms with Crippen LogP contribution in [0, 0.1) is 11.6 Å². The Morgan fingerprint density at radius 3 is 2.03 bits per heavy atom. The van der Waals surface area contributed by atoms with Crippen molar-refractivity contribution >= 4 is 5.84 Å². The van der Waals surface area contributed by atoms with E-state index in [4.69, 9.17) is 9.73 Å². The molecule has 3 aromatic carbocycles. The zero-order chi connectivity index (χ0) is 22.9. The fourth-order valence-corrected chi connectivity index (χ4v) is 3.95. The Kier molecular flexibility index (Phi) is 6.00. The largest absolute Gasteiger partial charge is 0.493 e. The van der Waals surface area contributed by atoms with Crippen molar-refractivity contribution in [2.45, 2.75) is 45.2 Å². The minimum Gasteiger partial charge on any atom is -0.493 e. The molecule has 2 atom stereocenters. The molecule has 0 radical (unpaired) electrons. The van der Waals surface area contributed by atoms with Gasteiger partial charge in [-0.1, -0.05) is 51.1 Å². The van der Waals surface area contributed by atoms with Crippen molar-refractivity contribution in [3.8, 4) is 5.75 Å². The molecule has 1 N–H and O–H groups in total. The summed E-state index contributed by atoms with van der Waals surface area (Å²) < 4.78 is 33.1. The molecule has 3 nitrogen and oxygen atoms in total. The first-order chi connectivity index (χ1) is 15.3. The van der Waals surface area contributed by atoms with E-state index in [-0.39, 0.29) is 29.1 Å². The predicted molar refractivity (Wildman–Crippen MR) is 124 cm³/mol. The number of hydrogen-bond acceptors (Lipinski definition) is 3. The summed E-state index contributed by atoms with van der Waals surface area (Å²) in [5, 5.41) is 3.52. The maximum atomic E-state index is 13.5. The molecular weight excluding hydrogens is 406 g/mol. The van der Waals surface area contributed by atoms with Crippen LogP contribution >= 0.6 is 0 Å². The van der Waals surface area contributed by atoms with Crippen molar-refractivity contribution in [1.29, 1.82) is 0 Å². The van der Waals surface area contributed by atoms with E-state index < -0.39 is 0 Å². The van der Waals surface area contributed by atoms with Crippen LogP contribution in [0.15, 0.2) is 71.7 Å². The highest BCUT2D eigenvalue weighted by Crippen LogP contribution is 2.39. The zero-order valence-electron chi connectivity index (χ0n) is 18.8. The van der Waals surface area contributed by atoms with Crippen LogP contribution in [-0.4, -0.2) is 12.4 Å². The Bertz CT molecular complexity index is 1120. The van der Waals surface area contributed by atoms with E-state index in [0.29, 0.717) is 12.4 Å². The first-order valence-electron chi connectivity index (χ1n) is 10.9.